The van der Waals surface area contributed by atoms with Gasteiger partial charge in [-0.05, 0) is 56.1 Å². The Morgan fingerprint density at radius 2 is 1.00 bits per heavy atom. The van der Waals surface area contributed by atoms with E-state index < -0.39 is 15.8 Å². The molecule has 5 rings (SSSR count). The first-order valence-corrected chi connectivity index (χ1v) is 15.0. The van der Waals surface area contributed by atoms with E-state index in [0.717, 1.165) is 12.7 Å². The first-order valence-electron chi connectivity index (χ1n) is 11.6. The summed E-state index contributed by atoms with van der Waals surface area (Å²) in [5, 5.41) is 5.99. The molecule has 0 bridgehead atoms. The molecular formula is C29H30NP3. The van der Waals surface area contributed by atoms with Crippen molar-refractivity contribution in [1.29, 1.82) is 0 Å². The number of rotatable bonds is 7. The summed E-state index contributed by atoms with van der Waals surface area (Å²) in [6, 6.07) is 44.9. The van der Waals surface area contributed by atoms with E-state index in [4.69, 9.17) is 0 Å². The Morgan fingerprint density at radius 3 is 1.36 bits per heavy atom. The molecule has 1 heterocycles. The molecular weight excluding hydrogens is 455 g/mol. The molecule has 1 aliphatic heterocycles. The van der Waals surface area contributed by atoms with Crippen LogP contribution in [0.3, 0.4) is 0 Å². The van der Waals surface area contributed by atoms with Crippen molar-refractivity contribution >= 4 is 46.5 Å². The quantitative estimate of drug-likeness (QED) is 0.298. The van der Waals surface area contributed by atoms with Crippen LogP contribution in [-0.2, 0) is 0 Å². The molecule has 4 heteroatoms. The molecule has 0 radical (unpaired) electrons. The van der Waals surface area contributed by atoms with Crippen molar-refractivity contribution in [3.8, 4) is 0 Å². The Hall–Kier alpha value is -1.87. The van der Waals surface area contributed by atoms with E-state index >= 15 is 0 Å². The van der Waals surface area contributed by atoms with Crippen LogP contribution in [-0.4, -0.2) is 22.7 Å². The molecule has 0 spiro atoms. The zero-order chi connectivity index (χ0) is 22.5. The minimum Gasteiger partial charge on any atom is -0.277 e. The first-order chi connectivity index (χ1) is 16.3. The van der Waals surface area contributed by atoms with Gasteiger partial charge in [0.1, 0.15) is 0 Å². The Bertz CT molecular complexity index is 1060. The average molecular weight is 485 g/mol. The standard InChI is InChI=1S/C29H30NP3/c31-30-23-13-22-29(30,33(27-18-9-3-10-19-27)28-20-11-4-12-21-28)24-32(25-14-5-1-6-15-25)26-16-7-2-8-17-26/h1-12,14-21H,13,22-24,31H2. The van der Waals surface area contributed by atoms with Crippen LogP contribution in [0.1, 0.15) is 12.8 Å². The van der Waals surface area contributed by atoms with Crippen molar-refractivity contribution in [2.24, 2.45) is 0 Å². The molecule has 0 N–H and O–H groups in total. The van der Waals surface area contributed by atoms with Gasteiger partial charge in [0.25, 0.3) is 0 Å². The highest BCUT2D eigenvalue weighted by Crippen LogP contribution is 2.60. The summed E-state index contributed by atoms with van der Waals surface area (Å²) in [6.07, 6.45) is 3.63. The first kappa shape index (κ1) is 22.9. The van der Waals surface area contributed by atoms with Crippen molar-refractivity contribution < 1.29 is 0 Å². The minimum absolute atomic E-state index is 0.0973. The SMILES string of the molecule is PN1CCCC1(CP(c1ccccc1)c1ccccc1)P(c1ccccc1)c1ccccc1. The fourth-order valence-corrected chi connectivity index (χ4v) is 12.4. The van der Waals surface area contributed by atoms with E-state index in [0.29, 0.717) is 0 Å². The van der Waals surface area contributed by atoms with E-state index in [1.807, 2.05) is 0 Å². The average Bonchev–Trinajstić information content (AvgIpc) is 3.25. The van der Waals surface area contributed by atoms with Gasteiger partial charge < -0.3 is 0 Å². The van der Waals surface area contributed by atoms with Crippen LogP contribution in [0.15, 0.2) is 121 Å². The highest BCUT2D eigenvalue weighted by atomic mass is 31.1. The zero-order valence-corrected chi connectivity index (χ0v) is 21.7. The van der Waals surface area contributed by atoms with Gasteiger partial charge in [0.05, 0.1) is 5.28 Å². The highest BCUT2D eigenvalue weighted by Gasteiger charge is 2.48. The molecule has 1 saturated heterocycles. The van der Waals surface area contributed by atoms with Crippen LogP contribution >= 0.6 is 25.2 Å². The smallest absolute Gasteiger partial charge is 0.0566 e. The Morgan fingerprint density at radius 1 is 0.606 bits per heavy atom. The lowest BCUT2D eigenvalue weighted by Gasteiger charge is -2.46. The largest absolute Gasteiger partial charge is 0.277 e. The number of hydrogen-bond acceptors (Lipinski definition) is 1. The van der Waals surface area contributed by atoms with E-state index in [1.54, 1.807) is 0 Å². The molecule has 1 fully saturated rings. The number of hydrogen-bond donors (Lipinski definition) is 0. The van der Waals surface area contributed by atoms with Crippen LogP contribution in [0.2, 0.25) is 0 Å². The molecule has 0 saturated carbocycles. The normalized spacial score (nSPS) is 18.8. The fourth-order valence-electron chi connectivity index (χ4n) is 4.95. The van der Waals surface area contributed by atoms with Crippen LogP contribution in [0, 0.1) is 0 Å². The Balaban J connectivity index is 1.66. The molecule has 1 nitrogen and oxygen atoms in total. The van der Waals surface area contributed by atoms with Gasteiger partial charge in [-0.3, -0.25) is 4.67 Å². The molecule has 0 aliphatic carbocycles. The second-order valence-corrected chi connectivity index (χ2v) is 13.9. The van der Waals surface area contributed by atoms with Crippen molar-refractivity contribution in [1.82, 2.24) is 4.67 Å². The lowest BCUT2D eigenvalue weighted by Crippen LogP contribution is -2.45. The minimum atomic E-state index is -0.568. The Kier molecular flexibility index (Phi) is 7.35. The maximum Gasteiger partial charge on any atom is 0.0566 e. The molecule has 2 unspecified atom stereocenters. The van der Waals surface area contributed by atoms with Crippen LogP contribution in [0.25, 0.3) is 0 Å². The van der Waals surface area contributed by atoms with Crippen molar-refractivity contribution in [2.45, 2.75) is 18.1 Å². The van der Waals surface area contributed by atoms with E-state index in [9.17, 15) is 0 Å². The van der Waals surface area contributed by atoms with Gasteiger partial charge in [0.2, 0.25) is 0 Å². The van der Waals surface area contributed by atoms with E-state index in [-0.39, 0.29) is 5.28 Å². The van der Waals surface area contributed by atoms with E-state index in [1.165, 1.54) is 34.1 Å². The van der Waals surface area contributed by atoms with Crippen molar-refractivity contribution in [3.63, 3.8) is 0 Å². The summed E-state index contributed by atoms with van der Waals surface area (Å²) in [5.74, 6) is 0. The number of nitrogens with zero attached hydrogens (tertiary/aromatic N) is 1. The van der Waals surface area contributed by atoms with Gasteiger partial charge in [-0.25, -0.2) is 0 Å². The summed E-state index contributed by atoms with van der Waals surface area (Å²) in [5.41, 5.74) is 0. The topological polar surface area (TPSA) is 3.24 Å². The monoisotopic (exact) mass is 485 g/mol. The molecule has 2 atom stereocenters. The van der Waals surface area contributed by atoms with Gasteiger partial charge in [0, 0.05) is 6.54 Å². The predicted molar refractivity (Wildman–Crippen MR) is 151 cm³/mol. The zero-order valence-electron chi connectivity index (χ0n) is 18.8. The van der Waals surface area contributed by atoms with Gasteiger partial charge in [-0.15, -0.1) is 0 Å². The molecule has 0 aromatic heterocycles. The van der Waals surface area contributed by atoms with Gasteiger partial charge in [-0.1, -0.05) is 131 Å². The predicted octanol–water partition coefficient (Wildman–Crippen LogP) is 5.83. The van der Waals surface area contributed by atoms with Crippen LogP contribution in [0.5, 0.6) is 0 Å². The third-order valence-electron chi connectivity index (χ3n) is 6.50. The lowest BCUT2D eigenvalue weighted by molar-refractivity contribution is 0.421. The van der Waals surface area contributed by atoms with Crippen LogP contribution < -0.4 is 21.2 Å². The van der Waals surface area contributed by atoms with Crippen molar-refractivity contribution in [3.05, 3.63) is 121 Å². The summed E-state index contributed by atoms with van der Waals surface area (Å²) in [6.45, 7) is 1.13. The molecule has 4 aromatic rings. The summed E-state index contributed by atoms with van der Waals surface area (Å²) in [7, 11) is 2.08. The summed E-state index contributed by atoms with van der Waals surface area (Å²) < 4.78 is 2.62. The maximum absolute atomic E-state index is 3.14. The molecule has 0 amide bonds. The summed E-state index contributed by atoms with van der Waals surface area (Å²) >= 11 is 0. The van der Waals surface area contributed by atoms with Gasteiger partial charge >= 0.3 is 0 Å². The number of benzene rings is 4. The van der Waals surface area contributed by atoms with Crippen molar-refractivity contribution in [2.75, 3.05) is 12.7 Å². The van der Waals surface area contributed by atoms with Gasteiger partial charge in [-0.2, -0.15) is 0 Å². The van der Waals surface area contributed by atoms with Crippen LogP contribution in [0.4, 0.5) is 0 Å². The maximum atomic E-state index is 3.14. The highest BCUT2D eigenvalue weighted by molar-refractivity contribution is 7.77. The molecule has 166 valence electrons. The second kappa shape index (κ2) is 10.6. The second-order valence-electron chi connectivity index (χ2n) is 8.54. The fraction of sp³-hybridized carbons (Fsp3) is 0.172. The third-order valence-corrected chi connectivity index (χ3v) is 13.5. The van der Waals surface area contributed by atoms with Gasteiger partial charge in [0.15, 0.2) is 0 Å². The van der Waals surface area contributed by atoms with E-state index in [2.05, 4.69) is 135 Å². The molecule has 33 heavy (non-hydrogen) atoms. The third kappa shape index (κ3) is 4.85. The Labute approximate surface area is 203 Å². The molecule has 1 aliphatic rings. The molecule has 4 aromatic carbocycles. The lowest BCUT2D eigenvalue weighted by atomic mass is 10.2. The summed E-state index contributed by atoms with van der Waals surface area (Å²) in [4.78, 5) is 0.